The fraction of sp³-hybridized carbons (Fsp3) is 0.333. The molecule has 0 unspecified atom stereocenters. The molecule has 1 aliphatic heterocycles. The zero-order valence-corrected chi connectivity index (χ0v) is 16.4. The van der Waals surface area contributed by atoms with Crippen LogP contribution < -0.4 is 0 Å². The summed E-state index contributed by atoms with van der Waals surface area (Å²) >= 11 is 0. The second-order valence-corrected chi connectivity index (χ2v) is 7.89. The molecule has 2 nitrogen and oxygen atoms in total. The van der Waals surface area contributed by atoms with Crippen LogP contribution in [0.2, 0.25) is 0 Å². The van der Waals surface area contributed by atoms with Crippen LogP contribution in [0.5, 0.6) is 0 Å². The summed E-state index contributed by atoms with van der Waals surface area (Å²) in [5.74, 6) is -1.05. The number of halogens is 2. The molecule has 0 fully saturated rings. The van der Waals surface area contributed by atoms with Crippen LogP contribution in [0.15, 0.2) is 60.8 Å². The van der Waals surface area contributed by atoms with Gasteiger partial charge >= 0.3 is 0 Å². The molecule has 1 aliphatic rings. The van der Waals surface area contributed by atoms with Crippen molar-refractivity contribution in [3.63, 3.8) is 0 Å². The van der Waals surface area contributed by atoms with Crippen LogP contribution >= 0.6 is 0 Å². The van der Waals surface area contributed by atoms with E-state index >= 15 is 0 Å². The van der Waals surface area contributed by atoms with Gasteiger partial charge in [-0.3, -0.25) is 4.90 Å². The van der Waals surface area contributed by atoms with Crippen LogP contribution in [0, 0.1) is 11.6 Å². The Morgan fingerprint density at radius 1 is 0.964 bits per heavy atom. The highest BCUT2D eigenvalue weighted by Crippen LogP contribution is 2.35. The Morgan fingerprint density at radius 2 is 1.75 bits per heavy atom. The molecule has 0 bridgehead atoms. The van der Waals surface area contributed by atoms with Gasteiger partial charge < -0.3 is 4.57 Å². The molecule has 0 amide bonds. The van der Waals surface area contributed by atoms with Gasteiger partial charge in [0.05, 0.1) is 6.04 Å². The minimum atomic E-state index is -0.791. The smallest absolute Gasteiger partial charge is 0.163 e. The third-order valence-corrected chi connectivity index (χ3v) is 5.66. The van der Waals surface area contributed by atoms with Crippen molar-refractivity contribution < 1.29 is 8.78 Å². The highest BCUT2D eigenvalue weighted by molar-refractivity contribution is 5.32. The lowest BCUT2D eigenvalue weighted by atomic mass is 9.99. The second kappa shape index (κ2) is 7.88. The van der Waals surface area contributed by atoms with Gasteiger partial charge in [-0.15, -0.1) is 0 Å². The molecule has 4 rings (SSSR count). The molecule has 1 aromatic heterocycles. The summed E-state index contributed by atoms with van der Waals surface area (Å²) in [5.41, 5.74) is 3.91. The fourth-order valence-corrected chi connectivity index (χ4v) is 4.14. The maximum absolute atomic E-state index is 14.8. The SMILES string of the molecule is CC(C)c1ccc(CN2CCCn3cccc3[C@H]2c2cccc(F)c2F)cc1. The number of nitrogens with zero attached hydrogens (tertiary/aromatic N) is 2. The molecular formula is C24H26F2N2. The molecular weight excluding hydrogens is 354 g/mol. The van der Waals surface area contributed by atoms with Crippen molar-refractivity contribution in [2.24, 2.45) is 0 Å². The predicted molar refractivity (Wildman–Crippen MR) is 108 cm³/mol. The van der Waals surface area contributed by atoms with Crippen LogP contribution in [0.3, 0.4) is 0 Å². The fourth-order valence-electron chi connectivity index (χ4n) is 4.14. The topological polar surface area (TPSA) is 8.17 Å². The van der Waals surface area contributed by atoms with Crippen molar-refractivity contribution in [3.05, 3.63) is 94.8 Å². The number of aryl methyl sites for hydroxylation is 1. The highest BCUT2D eigenvalue weighted by Gasteiger charge is 2.30. The Morgan fingerprint density at radius 3 is 2.50 bits per heavy atom. The lowest BCUT2D eigenvalue weighted by molar-refractivity contribution is 0.215. The molecule has 2 heterocycles. The number of benzene rings is 2. The van der Waals surface area contributed by atoms with Crippen molar-refractivity contribution in [3.8, 4) is 0 Å². The standard InChI is InChI=1S/C24H26F2N2/c1-17(2)19-11-9-18(10-12-19)16-28-15-5-14-27-13-4-8-22(27)24(28)20-6-3-7-21(25)23(20)26/h3-4,6-13,17,24H,5,14-16H2,1-2H3/t24-/m1/s1. The summed E-state index contributed by atoms with van der Waals surface area (Å²) in [6, 6.07) is 16.8. The van der Waals surface area contributed by atoms with Crippen molar-refractivity contribution in [2.45, 2.75) is 45.3 Å². The zero-order chi connectivity index (χ0) is 19.7. The molecule has 3 aromatic rings. The first-order valence-corrected chi connectivity index (χ1v) is 9.96. The third kappa shape index (κ3) is 3.61. The molecule has 0 N–H and O–H groups in total. The first kappa shape index (κ1) is 18.9. The van der Waals surface area contributed by atoms with Gasteiger partial charge in [-0.1, -0.05) is 50.2 Å². The Kier molecular flexibility index (Phi) is 5.31. The summed E-state index contributed by atoms with van der Waals surface area (Å²) in [7, 11) is 0. The van der Waals surface area contributed by atoms with Crippen LogP contribution in [-0.4, -0.2) is 16.0 Å². The van der Waals surface area contributed by atoms with Crippen LogP contribution in [-0.2, 0) is 13.1 Å². The van der Waals surface area contributed by atoms with Gasteiger partial charge in [0.15, 0.2) is 11.6 Å². The predicted octanol–water partition coefficient (Wildman–Crippen LogP) is 5.89. The van der Waals surface area contributed by atoms with E-state index in [0.717, 1.165) is 25.2 Å². The molecule has 0 saturated heterocycles. The van der Waals surface area contributed by atoms with Crippen molar-refractivity contribution in [1.82, 2.24) is 9.47 Å². The van der Waals surface area contributed by atoms with Gasteiger partial charge in [0.1, 0.15) is 0 Å². The van der Waals surface area contributed by atoms with Gasteiger partial charge in [0.25, 0.3) is 0 Å². The Labute approximate surface area is 165 Å². The maximum Gasteiger partial charge on any atom is 0.163 e. The number of hydrogen-bond acceptors (Lipinski definition) is 1. The summed E-state index contributed by atoms with van der Waals surface area (Å²) < 4.78 is 30.9. The molecule has 0 spiro atoms. The molecule has 0 aliphatic carbocycles. The van der Waals surface area contributed by atoms with E-state index < -0.39 is 11.6 Å². The van der Waals surface area contributed by atoms with Crippen molar-refractivity contribution >= 4 is 0 Å². The van der Waals surface area contributed by atoms with Gasteiger partial charge in [-0.2, -0.15) is 0 Å². The molecule has 2 aromatic carbocycles. The zero-order valence-electron chi connectivity index (χ0n) is 16.4. The molecule has 4 heteroatoms. The molecule has 28 heavy (non-hydrogen) atoms. The van der Waals surface area contributed by atoms with E-state index in [2.05, 4.69) is 47.6 Å². The number of fused-ring (bicyclic) bond motifs is 1. The molecule has 0 radical (unpaired) electrons. The molecule has 146 valence electrons. The lowest BCUT2D eigenvalue weighted by Gasteiger charge is -2.31. The average molecular weight is 380 g/mol. The van der Waals surface area contributed by atoms with Gasteiger partial charge in [-0.05, 0) is 41.7 Å². The lowest BCUT2D eigenvalue weighted by Crippen LogP contribution is -2.30. The van der Waals surface area contributed by atoms with E-state index in [1.165, 1.54) is 17.2 Å². The third-order valence-electron chi connectivity index (χ3n) is 5.66. The largest absolute Gasteiger partial charge is 0.350 e. The van der Waals surface area contributed by atoms with E-state index in [-0.39, 0.29) is 6.04 Å². The number of hydrogen-bond donors (Lipinski definition) is 0. The second-order valence-electron chi connectivity index (χ2n) is 7.89. The molecule has 0 saturated carbocycles. The van der Waals surface area contributed by atoms with Gasteiger partial charge in [0.2, 0.25) is 0 Å². The first-order chi connectivity index (χ1) is 13.5. The van der Waals surface area contributed by atoms with E-state index in [9.17, 15) is 8.78 Å². The van der Waals surface area contributed by atoms with Crippen LogP contribution in [0.1, 0.15) is 54.6 Å². The van der Waals surface area contributed by atoms with Crippen LogP contribution in [0.25, 0.3) is 0 Å². The van der Waals surface area contributed by atoms with Crippen molar-refractivity contribution in [2.75, 3.05) is 6.54 Å². The Hall–Kier alpha value is -2.46. The normalized spacial score (nSPS) is 17.5. The number of aromatic nitrogens is 1. The quantitative estimate of drug-likeness (QED) is 0.548. The number of rotatable bonds is 4. The maximum atomic E-state index is 14.8. The van der Waals surface area contributed by atoms with E-state index in [1.807, 2.05) is 18.3 Å². The Balaban J connectivity index is 1.72. The van der Waals surface area contributed by atoms with Gasteiger partial charge in [0, 0.05) is 37.1 Å². The van der Waals surface area contributed by atoms with Crippen molar-refractivity contribution in [1.29, 1.82) is 0 Å². The summed E-state index contributed by atoms with van der Waals surface area (Å²) in [6.45, 7) is 6.78. The van der Waals surface area contributed by atoms with E-state index in [1.54, 1.807) is 12.1 Å². The summed E-state index contributed by atoms with van der Waals surface area (Å²) in [5, 5.41) is 0. The molecule has 1 atom stereocenters. The summed E-state index contributed by atoms with van der Waals surface area (Å²) in [4.78, 5) is 2.26. The highest BCUT2D eigenvalue weighted by atomic mass is 19.2. The minimum absolute atomic E-state index is 0.307. The average Bonchev–Trinajstić information content (AvgIpc) is 3.07. The van der Waals surface area contributed by atoms with Crippen LogP contribution in [0.4, 0.5) is 8.78 Å². The van der Waals surface area contributed by atoms with E-state index in [4.69, 9.17) is 0 Å². The van der Waals surface area contributed by atoms with E-state index in [0.29, 0.717) is 18.0 Å². The Bertz CT molecular complexity index is 943. The monoisotopic (exact) mass is 380 g/mol. The van der Waals surface area contributed by atoms with Gasteiger partial charge in [-0.25, -0.2) is 8.78 Å². The minimum Gasteiger partial charge on any atom is -0.350 e. The summed E-state index contributed by atoms with van der Waals surface area (Å²) in [6.07, 6.45) is 3.00. The first-order valence-electron chi connectivity index (χ1n) is 9.96.